The summed E-state index contributed by atoms with van der Waals surface area (Å²) in [5, 5.41) is 8.24. The van der Waals surface area contributed by atoms with Crippen LogP contribution in [0.2, 0.25) is 0 Å². The summed E-state index contributed by atoms with van der Waals surface area (Å²) in [6, 6.07) is 1.64. The highest BCUT2D eigenvalue weighted by Gasteiger charge is 2.31. The van der Waals surface area contributed by atoms with Crippen LogP contribution in [-0.2, 0) is 13.6 Å². The van der Waals surface area contributed by atoms with Crippen molar-refractivity contribution >= 4 is 17.1 Å². The summed E-state index contributed by atoms with van der Waals surface area (Å²) >= 11 is 0. The van der Waals surface area contributed by atoms with Gasteiger partial charge in [-0.25, -0.2) is 9.97 Å². The molecule has 1 saturated heterocycles. The molecule has 0 N–H and O–H groups in total. The second kappa shape index (κ2) is 7.74. The Labute approximate surface area is 184 Å². The highest BCUT2D eigenvalue weighted by molar-refractivity contribution is 5.92. The van der Waals surface area contributed by atoms with Crippen LogP contribution in [0.5, 0.6) is 5.88 Å². The number of aromatic nitrogens is 7. The third-order valence-electron chi connectivity index (χ3n) is 5.82. The van der Waals surface area contributed by atoms with Gasteiger partial charge in [-0.1, -0.05) is 5.16 Å². The zero-order chi connectivity index (χ0) is 22.4. The monoisotopic (exact) mass is 436 g/mol. The highest BCUT2D eigenvalue weighted by Crippen LogP contribution is 2.30. The topological polar surface area (TPSA) is 117 Å². The Kier molecular flexibility index (Phi) is 4.87. The second-order valence-corrected chi connectivity index (χ2v) is 7.91. The van der Waals surface area contributed by atoms with Gasteiger partial charge in [-0.15, -0.1) is 0 Å². The number of amides is 1. The molecule has 4 aromatic heterocycles. The fourth-order valence-corrected chi connectivity index (χ4v) is 4.09. The molecular formula is C21H24N8O3. The Bertz CT molecular complexity index is 1300. The van der Waals surface area contributed by atoms with Crippen LogP contribution < -0.4 is 4.74 Å². The lowest BCUT2D eigenvalue weighted by Crippen LogP contribution is -2.31. The number of hydrogen-bond acceptors (Lipinski definition) is 8. The summed E-state index contributed by atoms with van der Waals surface area (Å²) in [7, 11) is 1.92. The van der Waals surface area contributed by atoms with Crippen molar-refractivity contribution in [2.24, 2.45) is 7.05 Å². The first-order valence-corrected chi connectivity index (χ1v) is 10.6. The molecule has 11 heteroatoms. The van der Waals surface area contributed by atoms with Crippen LogP contribution in [-0.4, -0.2) is 64.5 Å². The van der Waals surface area contributed by atoms with E-state index in [0.29, 0.717) is 48.0 Å². The second-order valence-electron chi connectivity index (χ2n) is 7.91. The molecule has 1 aliphatic rings. The molecule has 1 atom stereocenters. The van der Waals surface area contributed by atoms with Crippen LogP contribution in [0.3, 0.4) is 0 Å². The van der Waals surface area contributed by atoms with Crippen molar-refractivity contribution in [1.29, 1.82) is 0 Å². The number of likely N-dealkylation sites (tertiary alicyclic amines) is 1. The minimum Gasteiger partial charge on any atom is -0.471 e. The molecule has 4 aromatic rings. The van der Waals surface area contributed by atoms with Crippen molar-refractivity contribution in [3.05, 3.63) is 35.7 Å². The van der Waals surface area contributed by atoms with Gasteiger partial charge in [0.05, 0.1) is 18.3 Å². The van der Waals surface area contributed by atoms with Crippen LogP contribution in [0.15, 0.2) is 23.1 Å². The highest BCUT2D eigenvalue weighted by atomic mass is 16.5. The van der Waals surface area contributed by atoms with Crippen LogP contribution in [0.4, 0.5) is 0 Å². The average molecular weight is 436 g/mol. The van der Waals surface area contributed by atoms with E-state index in [1.807, 2.05) is 29.4 Å². The lowest BCUT2D eigenvalue weighted by Gasteiger charge is -2.15. The van der Waals surface area contributed by atoms with E-state index in [9.17, 15) is 4.79 Å². The van der Waals surface area contributed by atoms with Crippen LogP contribution in [0.1, 0.15) is 35.3 Å². The number of ether oxygens (including phenoxy) is 1. The van der Waals surface area contributed by atoms with Crippen molar-refractivity contribution in [1.82, 2.24) is 39.4 Å². The van der Waals surface area contributed by atoms with Gasteiger partial charge in [0, 0.05) is 38.3 Å². The Morgan fingerprint density at radius 1 is 1.31 bits per heavy atom. The van der Waals surface area contributed by atoms with Crippen LogP contribution in [0.25, 0.3) is 22.6 Å². The first kappa shape index (κ1) is 20.2. The van der Waals surface area contributed by atoms with Gasteiger partial charge in [0.15, 0.2) is 16.9 Å². The molecule has 0 aliphatic carbocycles. The molecule has 0 bridgehead atoms. The lowest BCUT2D eigenvalue weighted by molar-refractivity contribution is 0.0761. The molecule has 1 unspecified atom stereocenters. The molecule has 1 fully saturated rings. The van der Waals surface area contributed by atoms with Crippen molar-refractivity contribution in [2.45, 2.75) is 39.8 Å². The Hall–Kier alpha value is -3.76. The number of rotatable bonds is 5. The first-order chi connectivity index (χ1) is 15.5. The van der Waals surface area contributed by atoms with Crippen molar-refractivity contribution in [3.8, 4) is 17.3 Å². The summed E-state index contributed by atoms with van der Waals surface area (Å²) in [4.78, 5) is 27.9. The van der Waals surface area contributed by atoms with Gasteiger partial charge in [0.25, 0.3) is 5.91 Å². The number of carbonyl (C=O) groups excluding carboxylic acids is 1. The van der Waals surface area contributed by atoms with E-state index in [1.165, 1.54) is 6.33 Å². The Balaban J connectivity index is 1.39. The third-order valence-corrected chi connectivity index (χ3v) is 5.82. The van der Waals surface area contributed by atoms with E-state index in [0.717, 1.165) is 23.6 Å². The third kappa shape index (κ3) is 3.29. The van der Waals surface area contributed by atoms with Gasteiger partial charge in [-0.3, -0.25) is 9.48 Å². The van der Waals surface area contributed by atoms with Gasteiger partial charge < -0.3 is 18.7 Å². The normalized spacial score (nSPS) is 16.2. The quantitative estimate of drug-likeness (QED) is 0.467. The van der Waals surface area contributed by atoms with E-state index in [2.05, 4.69) is 27.1 Å². The fourth-order valence-electron chi connectivity index (χ4n) is 4.09. The first-order valence-electron chi connectivity index (χ1n) is 10.6. The molecule has 32 heavy (non-hydrogen) atoms. The molecule has 5 heterocycles. The summed E-state index contributed by atoms with van der Waals surface area (Å²) in [5.41, 5.74) is 3.56. The van der Waals surface area contributed by atoms with Gasteiger partial charge in [0.2, 0.25) is 5.88 Å². The van der Waals surface area contributed by atoms with Crippen LogP contribution in [0, 0.1) is 13.8 Å². The zero-order valence-electron chi connectivity index (χ0n) is 18.4. The smallest absolute Gasteiger partial charge is 0.276 e. The van der Waals surface area contributed by atoms with Gasteiger partial charge >= 0.3 is 0 Å². The fraction of sp³-hybridized carbons (Fsp3) is 0.429. The number of carbonyl (C=O) groups is 1. The van der Waals surface area contributed by atoms with Crippen LogP contribution >= 0.6 is 0 Å². The maximum absolute atomic E-state index is 12.6. The summed E-state index contributed by atoms with van der Waals surface area (Å²) in [6.45, 7) is 7.64. The predicted octanol–water partition coefficient (Wildman–Crippen LogP) is 2.15. The predicted molar refractivity (Wildman–Crippen MR) is 114 cm³/mol. The minimum atomic E-state index is -0.194. The molecule has 0 radical (unpaired) electrons. The number of fused-ring (bicyclic) bond motifs is 1. The molecule has 5 rings (SSSR count). The number of aryl methyl sites for hydroxylation is 3. The molecule has 0 spiro atoms. The Morgan fingerprint density at radius 3 is 2.88 bits per heavy atom. The van der Waals surface area contributed by atoms with Gasteiger partial charge in [-0.2, -0.15) is 10.1 Å². The Morgan fingerprint density at radius 2 is 2.16 bits per heavy atom. The van der Waals surface area contributed by atoms with Crippen molar-refractivity contribution < 1.29 is 14.1 Å². The lowest BCUT2D eigenvalue weighted by atomic mass is 10.2. The van der Waals surface area contributed by atoms with Crippen molar-refractivity contribution in [2.75, 3.05) is 13.1 Å². The van der Waals surface area contributed by atoms with E-state index < -0.39 is 0 Å². The zero-order valence-corrected chi connectivity index (χ0v) is 18.4. The maximum atomic E-state index is 12.6. The summed E-state index contributed by atoms with van der Waals surface area (Å²) in [6.07, 6.45) is 3.79. The number of imidazole rings is 1. The number of nitrogens with zero attached hydrogens (tertiary/aromatic N) is 8. The van der Waals surface area contributed by atoms with E-state index in [1.54, 1.807) is 17.9 Å². The number of hydrogen-bond donors (Lipinski definition) is 0. The van der Waals surface area contributed by atoms with Gasteiger partial charge in [-0.05, 0) is 20.8 Å². The van der Waals surface area contributed by atoms with E-state index >= 15 is 0 Å². The molecule has 166 valence electrons. The van der Waals surface area contributed by atoms with Crippen molar-refractivity contribution in [3.63, 3.8) is 0 Å². The molecule has 0 aromatic carbocycles. The largest absolute Gasteiger partial charge is 0.471 e. The standard InChI is InChI=1S/C21H24N8O3/c1-5-29-13(3)15(9-24-29)18-25-17-19(27(18)4)22-11-23-20(17)31-14-6-7-28(10-14)21(30)16-8-12(2)32-26-16/h8-9,11,14H,5-7,10H2,1-4H3. The average Bonchev–Trinajstić information content (AvgIpc) is 3.56. The van der Waals surface area contributed by atoms with Gasteiger partial charge in [0.1, 0.15) is 24.0 Å². The summed E-state index contributed by atoms with van der Waals surface area (Å²) < 4.78 is 15.1. The molecular weight excluding hydrogens is 412 g/mol. The SMILES string of the molecule is CCn1ncc(-c2nc3c(OC4CCN(C(=O)c5cc(C)on5)C4)ncnc3n2C)c1C. The summed E-state index contributed by atoms with van der Waals surface area (Å²) in [5.74, 6) is 1.61. The van der Waals surface area contributed by atoms with E-state index in [-0.39, 0.29) is 12.0 Å². The molecule has 1 amide bonds. The van der Waals surface area contributed by atoms with E-state index in [4.69, 9.17) is 14.2 Å². The maximum Gasteiger partial charge on any atom is 0.276 e. The molecule has 11 nitrogen and oxygen atoms in total. The minimum absolute atomic E-state index is 0.163. The molecule has 1 aliphatic heterocycles. The molecule has 0 saturated carbocycles.